The van der Waals surface area contributed by atoms with Crippen LogP contribution >= 0.6 is 12.2 Å². The fourth-order valence-electron chi connectivity index (χ4n) is 3.74. The fourth-order valence-corrected chi connectivity index (χ4v) is 3.90. The molecule has 0 radical (unpaired) electrons. The molecule has 0 heterocycles. The smallest absolute Gasteiger partial charge is 0.311 e. The molecule has 1 unspecified atom stereocenters. The van der Waals surface area contributed by atoms with Crippen molar-refractivity contribution in [2.45, 2.75) is 66.3 Å². The van der Waals surface area contributed by atoms with Gasteiger partial charge >= 0.3 is 5.97 Å². The molecule has 0 saturated carbocycles. The molecule has 0 spiro atoms. The Morgan fingerprint density at radius 2 is 1.59 bits per heavy atom. The van der Waals surface area contributed by atoms with Crippen molar-refractivity contribution in [2.24, 2.45) is 11.3 Å². The lowest BCUT2D eigenvalue weighted by atomic mass is 9.86. The van der Waals surface area contributed by atoms with Crippen molar-refractivity contribution in [3.05, 3.63) is 59.2 Å². The number of thiocarbonyl (C=S) groups is 1. The summed E-state index contributed by atoms with van der Waals surface area (Å²) in [6.07, 6.45) is 1.75. The minimum atomic E-state index is -0.539. The topological polar surface area (TPSA) is 78.0 Å². The SMILES string of the molecule is COCOc1ccc(CNC(=S)NCC(CCc2ccc(C(C)(C)C)cc2)COC(=O)C(C)(C)C)cc1OC. The number of esters is 1. The first-order valence-corrected chi connectivity index (χ1v) is 13.8. The number of carbonyl (C=O) groups is 1. The van der Waals surface area contributed by atoms with Crippen molar-refractivity contribution >= 4 is 23.3 Å². The van der Waals surface area contributed by atoms with E-state index >= 15 is 0 Å². The normalized spacial score (nSPS) is 12.4. The third-order valence-corrected chi connectivity index (χ3v) is 6.58. The standard InChI is InChI=1S/C31H46N2O5S/c1-30(2,3)25-14-11-22(12-15-25)9-10-24(20-37-28(34)31(4,5)6)19-33-29(39)32-18-23-13-16-26(38-21-35-7)27(17-23)36-8/h11-17,24H,9-10,18-21H2,1-8H3,(H2,32,33,39). The van der Waals surface area contributed by atoms with Crippen molar-refractivity contribution in [1.29, 1.82) is 0 Å². The Labute approximate surface area is 239 Å². The van der Waals surface area contributed by atoms with E-state index in [0.717, 1.165) is 18.4 Å². The van der Waals surface area contributed by atoms with Gasteiger partial charge in [0.15, 0.2) is 23.4 Å². The van der Waals surface area contributed by atoms with Crippen LogP contribution in [-0.2, 0) is 32.6 Å². The van der Waals surface area contributed by atoms with Gasteiger partial charge in [-0.2, -0.15) is 0 Å². The highest BCUT2D eigenvalue weighted by Crippen LogP contribution is 2.28. The van der Waals surface area contributed by atoms with Gasteiger partial charge < -0.3 is 29.6 Å². The van der Waals surface area contributed by atoms with Crippen molar-refractivity contribution < 1.29 is 23.7 Å². The number of methoxy groups -OCH3 is 2. The van der Waals surface area contributed by atoms with Crippen LogP contribution in [0.4, 0.5) is 0 Å². The van der Waals surface area contributed by atoms with Gasteiger partial charge in [-0.05, 0) is 80.1 Å². The molecule has 7 nitrogen and oxygen atoms in total. The lowest BCUT2D eigenvalue weighted by molar-refractivity contribution is -0.154. The molecular weight excluding hydrogens is 512 g/mol. The molecule has 0 fully saturated rings. The molecule has 2 aromatic carbocycles. The second-order valence-corrected chi connectivity index (χ2v) is 12.2. The third kappa shape index (κ3) is 11.4. The summed E-state index contributed by atoms with van der Waals surface area (Å²) in [4.78, 5) is 12.4. The van der Waals surface area contributed by atoms with Crippen LogP contribution in [-0.4, -0.2) is 45.2 Å². The Hall–Kier alpha value is -2.84. The molecule has 0 bridgehead atoms. The minimum absolute atomic E-state index is 0.107. The van der Waals surface area contributed by atoms with Crippen LogP contribution in [0.5, 0.6) is 11.5 Å². The Bertz CT molecular complexity index is 1060. The lowest BCUT2D eigenvalue weighted by Gasteiger charge is -2.23. The molecule has 2 rings (SSSR count). The molecule has 0 aromatic heterocycles. The average molecular weight is 559 g/mol. The summed E-state index contributed by atoms with van der Waals surface area (Å²) in [5, 5.41) is 7.09. The molecule has 0 amide bonds. The van der Waals surface area contributed by atoms with Crippen molar-refractivity contribution in [3.63, 3.8) is 0 Å². The Balaban J connectivity index is 1.94. The van der Waals surface area contributed by atoms with E-state index in [0.29, 0.717) is 36.3 Å². The highest BCUT2D eigenvalue weighted by atomic mass is 32.1. The molecule has 8 heteroatoms. The Kier molecular flexibility index (Phi) is 12.5. The Morgan fingerprint density at radius 1 is 0.923 bits per heavy atom. The van der Waals surface area contributed by atoms with Gasteiger partial charge in [0.1, 0.15) is 0 Å². The van der Waals surface area contributed by atoms with Gasteiger partial charge in [0.2, 0.25) is 0 Å². The number of ether oxygens (including phenoxy) is 4. The molecule has 0 aliphatic heterocycles. The van der Waals surface area contributed by atoms with E-state index in [9.17, 15) is 4.79 Å². The summed E-state index contributed by atoms with van der Waals surface area (Å²) in [6.45, 7) is 13.8. The van der Waals surface area contributed by atoms with E-state index in [2.05, 4.69) is 55.7 Å². The number of nitrogens with one attached hydrogen (secondary N) is 2. The molecular formula is C31H46N2O5S. The van der Waals surface area contributed by atoms with Crippen molar-refractivity contribution in [3.8, 4) is 11.5 Å². The largest absolute Gasteiger partial charge is 0.493 e. The Morgan fingerprint density at radius 3 is 2.18 bits per heavy atom. The molecule has 39 heavy (non-hydrogen) atoms. The van der Waals surface area contributed by atoms with Crippen LogP contribution in [0.25, 0.3) is 0 Å². The van der Waals surface area contributed by atoms with E-state index in [1.165, 1.54) is 11.1 Å². The van der Waals surface area contributed by atoms with Crippen LogP contribution in [0.15, 0.2) is 42.5 Å². The van der Waals surface area contributed by atoms with Gasteiger partial charge in [-0.15, -0.1) is 0 Å². The van der Waals surface area contributed by atoms with Crippen molar-refractivity contribution in [2.75, 3.05) is 34.2 Å². The summed E-state index contributed by atoms with van der Waals surface area (Å²) in [7, 11) is 3.17. The molecule has 0 saturated heterocycles. The monoisotopic (exact) mass is 558 g/mol. The lowest BCUT2D eigenvalue weighted by Crippen LogP contribution is -2.39. The zero-order chi connectivity index (χ0) is 29.1. The molecule has 2 N–H and O–H groups in total. The second-order valence-electron chi connectivity index (χ2n) is 11.8. The van der Waals surface area contributed by atoms with Crippen molar-refractivity contribution in [1.82, 2.24) is 10.6 Å². The van der Waals surface area contributed by atoms with E-state index in [-0.39, 0.29) is 24.1 Å². The number of hydrogen-bond donors (Lipinski definition) is 2. The first-order chi connectivity index (χ1) is 18.3. The van der Waals surface area contributed by atoms with Gasteiger partial charge in [0.05, 0.1) is 19.1 Å². The minimum Gasteiger partial charge on any atom is -0.493 e. The fraction of sp³-hybridized carbons (Fsp3) is 0.548. The summed E-state index contributed by atoms with van der Waals surface area (Å²) < 4.78 is 21.6. The van der Waals surface area contributed by atoms with E-state index in [1.807, 2.05) is 39.0 Å². The third-order valence-electron chi connectivity index (χ3n) is 6.29. The number of hydrogen-bond acceptors (Lipinski definition) is 6. The molecule has 0 aliphatic rings. The average Bonchev–Trinajstić information content (AvgIpc) is 2.89. The van der Waals surface area contributed by atoms with Crippen LogP contribution in [0.3, 0.4) is 0 Å². The van der Waals surface area contributed by atoms with E-state index < -0.39 is 5.41 Å². The second kappa shape index (κ2) is 15.1. The predicted molar refractivity (Wildman–Crippen MR) is 160 cm³/mol. The van der Waals surface area contributed by atoms with Gasteiger partial charge in [-0.25, -0.2) is 0 Å². The maximum atomic E-state index is 12.4. The predicted octanol–water partition coefficient (Wildman–Crippen LogP) is 5.78. The highest BCUT2D eigenvalue weighted by molar-refractivity contribution is 7.80. The van der Waals surface area contributed by atoms with Crippen LogP contribution in [0.1, 0.15) is 64.7 Å². The summed E-state index contributed by atoms with van der Waals surface area (Å²) in [5.74, 6) is 1.15. The quantitative estimate of drug-likeness (QED) is 0.182. The summed E-state index contributed by atoms with van der Waals surface area (Å²) in [6, 6.07) is 14.5. The zero-order valence-corrected chi connectivity index (χ0v) is 25.6. The zero-order valence-electron chi connectivity index (χ0n) is 24.8. The van der Waals surface area contributed by atoms with Crippen LogP contribution < -0.4 is 20.1 Å². The van der Waals surface area contributed by atoms with Crippen LogP contribution in [0.2, 0.25) is 0 Å². The summed E-state index contributed by atoms with van der Waals surface area (Å²) >= 11 is 5.54. The number of carbonyl (C=O) groups excluding carboxylic acids is 1. The van der Waals surface area contributed by atoms with E-state index in [4.69, 9.17) is 31.2 Å². The van der Waals surface area contributed by atoms with Crippen LogP contribution in [0, 0.1) is 11.3 Å². The van der Waals surface area contributed by atoms with Gasteiger partial charge in [0, 0.05) is 26.1 Å². The first kappa shape index (κ1) is 32.4. The molecule has 1 atom stereocenters. The van der Waals surface area contributed by atoms with E-state index in [1.54, 1.807) is 14.2 Å². The highest BCUT2D eigenvalue weighted by Gasteiger charge is 2.24. The first-order valence-electron chi connectivity index (χ1n) is 13.4. The van der Waals surface area contributed by atoms with Gasteiger partial charge in [-0.3, -0.25) is 4.79 Å². The van der Waals surface area contributed by atoms with Gasteiger partial charge in [-0.1, -0.05) is 51.1 Å². The molecule has 0 aliphatic carbocycles. The molecule has 2 aromatic rings. The number of aryl methyl sites for hydroxylation is 1. The number of benzene rings is 2. The molecule has 216 valence electrons. The number of rotatable bonds is 13. The summed E-state index contributed by atoms with van der Waals surface area (Å²) in [5.41, 5.74) is 3.16. The maximum absolute atomic E-state index is 12.4. The van der Waals surface area contributed by atoms with Gasteiger partial charge in [0.25, 0.3) is 0 Å². The maximum Gasteiger partial charge on any atom is 0.311 e.